The minimum absolute atomic E-state index is 0.0145. The fourth-order valence-electron chi connectivity index (χ4n) is 3.66. The van der Waals surface area contributed by atoms with Crippen LogP contribution in [0.15, 0.2) is 53.4 Å². The van der Waals surface area contributed by atoms with Gasteiger partial charge in [0.25, 0.3) is 0 Å². The summed E-state index contributed by atoms with van der Waals surface area (Å²) in [4.78, 5) is -1.90. The molecule has 3 rings (SSSR count). The van der Waals surface area contributed by atoms with Crippen LogP contribution in [0, 0.1) is 0 Å². The smallest absolute Gasteiger partial charge is 0.310 e. The number of piperidine rings is 1. The lowest BCUT2D eigenvalue weighted by Gasteiger charge is -2.41. The normalized spacial score (nSPS) is 22.4. The molecule has 9 heteroatoms. The largest absolute Gasteiger partial charge is 0.491 e. The van der Waals surface area contributed by atoms with Gasteiger partial charge in [-0.3, -0.25) is 0 Å². The van der Waals surface area contributed by atoms with E-state index in [0.717, 1.165) is 31.0 Å². The maximum Gasteiger partial charge on any atom is 0.310 e. The molecule has 1 fully saturated rings. The Morgan fingerprint density at radius 1 is 1.07 bits per heavy atom. The van der Waals surface area contributed by atoms with Crippen molar-refractivity contribution >= 4 is 10.2 Å². The molecule has 30 heavy (non-hydrogen) atoms. The summed E-state index contributed by atoms with van der Waals surface area (Å²) in [5, 5.41) is 6.69. The lowest BCUT2D eigenvalue weighted by atomic mass is 9.92. The van der Waals surface area contributed by atoms with Gasteiger partial charge >= 0.3 is 10.2 Å². The molecule has 0 radical (unpaired) electrons. The van der Waals surface area contributed by atoms with E-state index in [1.165, 1.54) is 0 Å². The molecule has 0 saturated carbocycles. The van der Waals surface area contributed by atoms with Crippen LogP contribution < -0.4 is 15.4 Å². The zero-order valence-electron chi connectivity index (χ0n) is 16.9. The van der Waals surface area contributed by atoms with Gasteiger partial charge in [0.2, 0.25) is 0 Å². The Balaban J connectivity index is 1.86. The van der Waals surface area contributed by atoms with Crippen LogP contribution >= 0.6 is 10.2 Å². The highest BCUT2D eigenvalue weighted by Gasteiger charge is 2.65. The van der Waals surface area contributed by atoms with Crippen LogP contribution in [-0.4, -0.2) is 18.7 Å². The molecule has 0 bridgehead atoms. The van der Waals surface area contributed by atoms with Gasteiger partial charge in [-0.15, -0.1) is 0 Å². The van der Waals surface area contributed by atoms with Crippen molar-refractivity contribution in [3.63, 3.8) is 0 Å². The van der Waals surface area contributed by atoms with Gasteiger partial charge in [0.05, 0.1) is 6.10 Å². The van der Waals surface area contributed by atoms with E-state index in [1.807, 2.05) is 30.3 Å². The predicted octanol–water partition coefficient (Wildman–Crippen LogP) is 6.71. The van der Waals surface area contributed by atoms with Crippen LogP contribution in [0.1, 0.15) is 43.9 Å². The van der Waals surface area contributed by atoms with Crippen LogP contribution in [-0.2, 0) is 6.54 Å². The van der Waals surface area contributed by atoms with Gasteiger partial charge < -0.3 is 15.4 Å². The Morgan fingerprint density at radius 2 is 1.77 bits per heavy atom. The number of benzene rings is 2. The summed E-state index contributed by atoms with van der Waals surface area (Å²) in [5.41, 5.74) is 1.13. The first-order chi connectivity index (χ1) is 13.8. The van der Waals surface area contributed by atoms with E-state index < -0.39 is 15.1 Å². The summed E-state index contributed by atoms with van der Waals surface area (Å²) < 4.78 is 72.2. The van der Waals surface area contributed by atoms with Crippen molar-refractivity contribution in [1.82, 2.24) is 10.6 Å². The van der Waals surface area contributed by atoms with Crippen LogP contribution in [0.2, 0.25) is 0 Å². The molecule has 2 atom stereocenters. The molecule has 2 aromatic rings. The zero-order chi connectivity index (χ0) is 22.1. The van der Waals surface area contributed by atoms with Crippen molar-refractivity contribution in [3.05, 3.63) is 59.7 Å². The third kappa shape index (κ3) is 5.86. The lowest BCUT2D eigenvalue weighted by Crippen LogP contribution is -2.45. The first kappa shape index (κ1) is 22.8. The van der Waals surface area contributed by atoms with Gasteiger partial charge in [0.1, 0.15) is 10.6 Å². The molecule has 0 unspecified atom stereocenters. The highest BCUT2D eigenvalue weighted by atomic mass is 32.5. The maximum atomic E-state index is 13.3. The van der Waals surface area contributed by atoms with Gasteiger partial charge in [0.15, 0.2) is 0 Å². The van der Waals surface area contributed by atoms with E-state index in [-0.39, 0.29) is 36.0 Å². The van der Waals surface area contributed by atoms with E-state index in [2.05, 4.69) is 10.6 Å². The van der Waals surface area contributed by atoms with Crippen LogP contribution in [0.25, 0.3) is 0 Å². The van der Waals surface area contributed by atoms with Crippen LogP contribution in [0.3, 0.4) is 0 Å². The number of ether oxygens (including phenoxy) is 1. The first-order valence-corrected chi connectivity index (χ1v) is 11.8. The Morgan fingerprint density at radius 3 is 2.40 bits per heavy atom. The third-order valence-corrected chi connectivity index (χ3v) is 6.16. The highest BCUT2D eigenvalue weighted by molar-refractivity contribution is 8.45. The summed E-state index contributed by atoms with van der Waals surface area (Å²) in [5.74, 6) is 0.170. The second kappa shape index (κ2) is 7.69. The molecule has 1 aliphatic rings. The molecule has 3 nitrogen and oxygen atoms in total. The average Bonchev–Trinajstić information content (AvgIpc) is 2.66. The van der Waals surface area contributed by atoms with E-state index in [0.29, 0.717) is 12.1 Å². The predicted molar refractivity (Wildman–Crippen MR) is 111 cm³/mol. The van der Waals surface area contributed by atoms with Crippen molar-refractivity contribution in [3.8, 4) is 5.75 Å². The molecule has 2 N–H and O–H groups in total. The number of hydrogen-bond acceptors (Lipinski definition) is 3. The molecule has 0 aromatic heterocycles. The Bertz CT molecular complexity index is 875. The van der Waals surface area contributed by atoms with E-state index in [9.17, 15) is 19.4 Å². The Labute approximate surface area is 173 Å². The number of hydrogen-bond donors (Lipinski definition) is 2. The van der Waals surface area contributed by atoms with E-state index in [4.69, 9.17) is 4.74 Å². The number of nitrogens with one attached hydrogen (secondary N) is 2. The molecule has 168 valence electrons. The lowest BCUT2D eigenvalue weighted by molar-refractivity contribution is 0.237. The third-order valence-electron chi connectivity index (χ3n) is 5.01. The molecule has 1 aliphatic heterocycles. The monoisotopic (exact) mass is 450 g/mol. The van der Waals surface area contributed by atoms with E-state index >= 15 is 0 Å². The van der Waals surface area contributed by atoms with Crippen LogP contribution in [0.4, 0.5) is 19.4 Å². The summed E-state index contributed by atoms with van der Waals surface area (Å²) in [6.45, 7) is 4.27. The summed E-state index contributed by atoms with van der Waals surface area (Å²) in [7, 11) is -9.78. The SMILES string of the molecule is CC(C)Oc1ccc(S(F)(F)(F)(F)F)cc1CN[C@H]1CCCN[C@H]1c1ccccc1. The zero-order valence-corrected chi connectivity index (χ0v) is 17.7. The van der Waals surface area contributed by atoms with Gasteiger partial charge in [-0.05, 0) is 57.0 Å². The average molecular weight is 451 g/mol. The summed E-state index contributed by atoms with van der Waals surface area (Å²) in [6, 6.07) is 11.6. The van der Waals surface area contributed by atoms with Crippen molar-refractivity contribution in [2.24, 2.45) is 0 Å². The molecule has 2 aromatic carbocycles. The van der Waals surface area contributed by atoms with E-state index in [1.54, 1.807) is 13.8 Å². The second-order valence-electron chi connectivity index (χ2n) is 7.88. The van der Waals surface area contributed by atoms with Crippen LogP contribution in [0.5, 0.6) is 5.75 Å². The highest BCUT2D eigenvalue weighted by Crippen LogP contribution is 3.02. The van der Waals surface area contributed by atoms with Crippen molar-refractivity contribution < 1.29 is 24.2 Å². The minimum Gasteiger partial charge on any atom is -0.491 e. The van der Waals surface area contributed by atoms with Crippen molar-refractivity contribution in [2.45, 2.75) is 56.3 Å². The number of rotatable bonds is 7. The molecule has 0 amide bonds. The van der Waals surface area contributed by atoms with Gasteiger partial charge in [0, 0.05) is 24.2 Å². The van der Waals surface area contributed by atoms with Gasteiger partial charge in [-0.1, -0.05) is 49.8 Å². The molecule has 1 saturated heterocycles. The standard InChI is InChI=1S/C21H27F5N2OS/c1-15(2)29-20-11-10-18(30(22,23,24,25)26)13-17(20)14-28-19-9-6-12-27-21(19)16-7-4-3-5-8-16/h3-5,7-8,10-11,13,15,19,21,27-28H,6,9,12,14H2,1-2H3/t19-,21-/m0/s1. The molecular weight excluding hydrogens is 423 g/mol. The van der Waals surface area contributed by atoms with Gasteiger partial charge in [-0.25, -0.2) is 0 Å². The fourth-order valence-corrected chi connectivity index (χ4v) is 4.35. The topological polar surface area (TPSA) is 33.3 Å². The maximum absolute atomic E-state index is 13.3. The quantitative estimate of drug-likeness (QED) is 0.460. The molecule has 1 heterocycles. The fraction of sp³-hybridized carbons (Fsp3) is 0.429. The molecular formula is C21H27F5N2OS. The summed E-state index contributed by atoms with van der Waals surface area (Å²) in [6.07, 6.45) is 1.42. The summed E-state index contributed by atoms with van der Waals surface area (Å²) >= 11 is 0. The minimum atomic E-state index is -9.78. The molecule has 0 spiro atoms. The van der Waals surface area contributed by atoms with Crippen molar-refractivity contribution in [2.75, 3.05) is 6.54 Å². The Hall–Kier alpha value is -1.84. The van der Waals surface area contributed by atoms with Crippen molar-refractivity contribution in [1.29, 1.82) is 0 Å². The van der Waals surface area contributed by atoms with Gasteiger partial charge in [-0.2, -0.15) is 0 Å². The number of halogens is 5. The molecule has 0 aliphatic carbocycles. The second-order valence-corrected chi connectivity index (χ2v) is 10.3. The Kier molecular flexibility index (Phi) is 5.85. The first-order valence-electron chi connectivity index (χ1n) is 9.89.